The summed E-state index contributed by atoms with van der Waals surface area (Å²) in [5, 5.41) is 5.23. The first-order valence-electron chi connectivity index (χ1n) is 10.2. The molecule has 1 aliphatic rings. The normalized spacial score (nSPS) is 14.3. The maximum Gasteiger partial charge on any atom is 0.168 e. The first-order valence-corrected chi connectivity index (χ1v) is 10.2. The molecule has 31 heavy (non-hydrogen) atoms. The van der Waals surface area contributed by atoms with Gasteiger partial charge in [0.2, 0.25) is 0 Å². The monoisotopic (exact) mass is 418 g/mol. The van der Waals surface area contributed by atoms with Crippen molar-refractivity contribution in [1.82, 2.24) is 19.7 Å². The summed E-state index contributed by atoms with van der Waals surface area (Å²) < 4.78 is 21.6. The fourth-order valence-corrected chi connectivity index (χ4v) is 4.09. The summed E-state index contributed by atoms with van der Waals surface area (Å²) in [6, 6.07) is 13.2. The first-order chi connectivity index (χ1) is 15.2. The Kier molecular flexibility index (Phi) is 4.89. The number of hydrogen-bond acceptors (Lipinski definition) is 6. The van der Waals surface area contributed by atoms with Crippen molar-refractivity contribution in [3.8, 4) is 11.4 Å². The molecule has 1 aliphatic heterocycles. The molecule has 0 aliphatic carbocycles. The fourth-order valence-electron chi connectivity index (χ4n) is 4.09. The Hall–Kier alpha value is -3.68. The molecular weight excluding hydrogens is 395 g/mol. The van der Waals surface area contributed by atoms with Gasteiger partial charge in [-0.05, 0) is 36.8 Å². The Morgan fingerprint density at radius 1 is 0.935 bits per heavy atom. The number of nitrogens with zero attached hydrogens (tertiary/aromatic N) is 6. The number of anilines is 2. The summed E-state index contributed by atoms with van der Waals surface area (Å²) in [4.78, 5) is 13.5. The standard InChI is InChI=1S/C23H23FN6O/c1-16-7-8-19(18(24)13-16)30-23-17(14-27-30)22(25-15-26-23)29-11-9-28(10-12-29)20-5-3-4-6-21(20)31-2/h3-8,13-15H,9-12H2,1-2H3. The molecule has 0 amide bonds. The topological polar surface area (TPSA) is 59.3 Å². The molecule has 0 unspecified atom stereocenters. The van der Waals surface area contributed by atoms with Crippen molar-refractivity contribution in [2.24, 2.45) is 0 Å². The second-order valence-electron chi connectivity index (χ2n) is 7.59. The Bertz CT molecular complexity index is 1230. The predicted molar refractivity (Wildman–Crippen MR) is 119 cm³/mol. The molecule has 5 rings (SSSR count). The van der Waals surface area contributed by atoms with Gasteiger partial charge in [0, 0.05) is 26.2 Å². The Morgan fingerprint density at radius 3 is 2.48 bits per heavy atom. The number of aryl methyl sites for hydroxylation is 1. The van der Waals surface area contributed by atoms with Crippen molar-refractivity contribution in [3.63, 3.8) is 0 Å². The van der Waals surface area contributed by atoms with E-state index in [0.29, 0.717) is 11.3 Å². The molecule has 7 nitrogen and oxygen atoms in total. The third-order valence-corrected chi connectivity index (χ3v) is 5.68. The van der Waals surface area contributed by atoms with Crippen LogP contribution in [0.4, 0.5) is 15.9 Å². The van der Waals surface area contributed by atoms with Gasteiger partial charge in [0.15, 0.2) is 5.65 Å². The zero-order valence-electron chi connectivity index (χ0n) is 17.5. The quantitative estimate of drug-likeness (QED) is 0.505. The van der Waals surface area contributed by atoms with E-state index in [-0.39, 0.29) is 5.82 Å². The van der Waals surface area contributed by atoms with Crippen LogP contribution in [0, 0.1) is 12.7 Å². The molecule has 1 saturated heterocycles. The Balaban J connectivity index is 1.42. The van der Waals surface area contributed by atoms with Crippen LogP contribution in [0.25, 0.3) is 16.7 Å². The van der Waals surface area contributed by atoms with E-state index in [9.17, 15) is 4.39 Å². The molecule has 3 heterocycles. The SMILES string of the molecule is COc1ccccc1N1CCN(c2ncnc3c2cnn3-c2ccc(C)cc2F)CC1. The average molecular weight is 418 g/mol. The van der Waals surface area contributed by atoms with Crippen molar-refractivity contribution in [2.45, 2.75) is 6.92 Å². The molecule has 158 valence electrons. The van der Waals surface area contributed by atoms with E-state index < -0.39 is 0 Å². The molecule has 2 aromatic carbocycles. The van der Waals surface area contributed by atoms with Crippen molar-refractivity contribution < 1.29 is 9.13 Å². The summed E-state index contributed by atoms with van der Waals surface area (Å²) in [6.45, 7) is 5.14. The van der Waals surface area contributed by atoms with Crippen LogP contribution in [0.3, 0.4) is 0 Å². The van der Waals surface area contributed by atoms with Gasteiger partial charge < -0.3 is 14.5 Å². The molecule has 0 atom stereocenters. The second kappa shape index (κ2) is 7.86. The lowest BCUT2D eigenvalue weighted by Gasteiger charge is -2.37. The van der Waals surface area contributed by atoms with E-state index in [1.807, 2.05) is 31.2 Å². The molecule has 1 fully saturated rings. The lowest BCUT2D eigenvalue weighted by molar-refractivity contribution is 0.413. The summed E-state index contributed by atoms with van der Waals surface area (Å²) in [5.74, 6) is 1.38. The van der Waals surface area contributed by atoms with Crippen LogP contribution in [0.1, 0.15) is 5.56 Å². The molecule has 0 bridgehead atoms. The zero-order valence-corrected chi connectivity index (χ0v) is 17.5. The van der Waals surface area contributed by atoms with Crippen LogP contribution < -0.4 is 14.5 Å². The van der Waals surface area contributed by atoms with Gasteiger partial charge in [-0.3, -0.25) is 0 Å². The second-order valence-corrected chi connectivity index (χ2v) is 7.59. The minimum Gasteiger partial charge on any atom is -0.495 e. The lowest BCUT2D eigenvalue weighted by atomic mass is 10.2. The van der Waals surface area contributed by atoms with Gasteiger partial charge >= 0.3 is 0 Å². The van der Waals surface area contributed by atoms with Gasteiger partial charge in [-0.1, -0.05) is 18.2 Å². The number of halogens is 1. The average Bonchev–Trinajstić information content (AvgIpc) is 3.23. The van der Waals surface area contributed by atoms with Crippen molar-refractivity contribution in [3.05, 3.63) is 66.4 Å². The number of fused-ring (bicyclic) bond motifs is 1. The van der Waals surface area contributed by atoms with Gasteiger partial charge in [0.1, 0.15) is 29.4 Å². The Morgan fingerprint density at radius 2 is 1.71 bits per heavy atom. The molecule has 0 saturated carbocycles. The van der Waals surface area contributed by atoms with Crippen LogP contribution in [0.15, 0.2) is 55.0 Å². The number of piperazine rings is 1. The van der Waals surface area contributed by atoms with Crippen LogP contribution >= 0.6 is 0 Å². The van der Waals surface area contributed by atoms with Crippen LogP contribution in [-0.4, -0.2) is 53.0 Å². The predicted octanol–water partition coefficient (Wildman–Crippen LogP) is 3.60. The maximum absolute atomic E-state index is 14.5. The number of methoxy groups -OCH3 is 1. The summed E-state index contributed by atoms with van der Waals surface area (Å²) in [7, 11) is 1.70. The van der Waals surface area contributed by atoms with Gasteiger partial charge in [0.25, 0.3) is 0 Å². The van der Waals surface area contributed by atoms with Crippen LogP contribution in [-0.2, 0) is 0 Å². The zero-order chi connectivity index (χ0) is 21.4. The van der Waals surface area contributed by atoms with Gasteiger partial charge in [-0.15, -0.1) is 0 Å². The molecule has 0 spiro atoms. The summed E-state index contributed by atoms with van der Waals surface area (Å²) in [5.41, 5.74) is 2.94. The van der Waals surface area contributed by atoms with E-state index in [4.69, 9.17) is 4.74 Å². The minimum atomic E-state index is -0.324. The number of para-hydroxylation sites is 2. The van der Waals surface area contributed by atoms with E-state index >= 15 is 0 Å². The highest BCUT2D eigenvalue weighted by molar-refractivity contribution is 5.87. The van der Waals surface area contributed by atoms with E-state index in [2.05, 4.69) is 30.9 Å². The van der Waals surface area contributed by atoms with Crippen molar-refractivity contribution in [1.29, 1.82) is 0 Å². The van der Waals surface area contributed by atoms with E-state index in [0.717, 1.165) is 54.4 Å². The third kappa shape index (κ3) is 3.43. The van der Waals surface area contributed by atoms with Crippen LogP contribution in [0.5, 0.6) is 5.75 Å². The van der Waals surface area contributed by atoms with Crippen molar-refractivity contribution in [2.75, 3.05) is 43.1 Å². The maximum atomic E-state index is 14.5. The highest BCUT2D eigenvalue weighted by Gasteiger charge is 2.23. The molecule has 0 radical (unpaired) electrons. The molecule has 0 N–H and O–H groups in total. The Labute approximate surface area is 179 Å². The number of ether oxygens (including phenoxy) is 1. The highest BCUT2D eigenvalue weighted by atomic mass is 19.1. The molecule has 4 aromatic rings. The van der Waals surface area contributed by atoms with Crippen molar-refractivity contribution >= 4 is 22.5 Å². The molecule has 2 aromatic heterocycles. The summed E-state index contributed by atoms with van der Waals surface area (Å²) >= 11 is 0. The first kappa shape index (κ1) is 19.3. The van der Waals surface area contributed by atoms with Gasteiger partial charge in [0.05, 0.1) is 24.4 Å². The smallest absolute Gasteiger partial charge is 0.168 e. The number of benzene rings is 2. The number of rotatable bonds is 4. The number of aromatic nitrogens is 4. The lowest BCUT2D eigenvalue weighted by Crippen LogP contribution is -2.47. The summed E-state index contributed by atoms with van der Waals surface area (Å²) in [6.07, 6.45) is 3.24. The van der Waals surface area contributed by atoms with Gasteiger partial charge in [-0.2, -0.15) is 5.10 Å². The van der Waals surface area contributed by atoms with E-state index in [1.54, 1.807) is 24.1 Å². The van der Waals surface area contributed by atoms with Gasteiger partial charge in [-0.25, -0.2) is 19.0 Å². The molecule has 8 heteroatoms. The number of hydrogen-bond donors (Lipinski definition) is 0. The van der Waals surface area contributed by atoms with E-state index in [1.165, 1.54) is 12.4 Å². The minimum absolute atomic E-state index is 0.324. The largest absolute Gasteiger partial charge is 0.495 e. The third-order valence-electron chi connectivity index (χ3n) is 5.68. The fraction of sp³-hybridized carbons (Fsp3) is 0.261. The molecular formula is C23H23FN6O. The van der Waals surface area contributed by atoms with Crippen LogP contribution in [0.2, 0.25) is 0 Å². The highest BCUT2D eigenvalue weighted by Crippen LogP contribution is 2.31.